The van der Waals surface area contributed by atoms with Gasteiger partial charge in [-0.05, 0) is 30.0 Å². The average Bonchev–Trinajstić information content (AvgIpc) is 3.31. The molecule has 1 aliphatic heterocycles. The molecule has 3 aromatic rings. The average molecular weight is 439 g/mol. The van der Waals surface area contributed by atoms with Gasteiger partial charge in [-0.2, -0.15) is 0 Å². The molecule has 1 saturated heterocycles. The van der Waals surface area contributed by atoms with Crippen molar-refractivity contribution in [1.82, 2.24) is 14.9 Å². The number of rotatable bonds is 5. The lowest BCUT2D eigenvalue weighted by molar-refractivity contribution is 0.0751. The molecule has 0 saturated carbocycles. The fraction of sp³-hybridized carbons (Fsp3) is 0.375. The molecule has 0 unspecified atom stereocenters. The first kappa shape index (κ1) is 21.4. The molecule has 0 N–H and O–H groups in total. The smallest absolute Gasteiger partial charge is 0.264 e. The van der Waals surface area contributed by atoms with E-state index in [1.807, 2.05) is 41.5 Å². The second-order valence-corrected chi connectivity index (χ2v) is 9.10. The van der Waals surface area contributed by atoms with Gasteiger partial charge in [0.1, 0.15) is 17.5 Å². The van der Waals surface area contributed by atoms with Crippen LogP contribution in [0.15, 0.2) is 41.8 Å². The van der Waals surface area contributed by atoms with Crippen molar-refractivity contribution in [2.45, 2.75) is 33.1 Å². The summed E-state index contributed by atoms with van der Waals surface area (Å²) in [6.45, 7) is 8.78. The quantitative estimate of drug-likeness (QED) is 0.581. The van der Waals surface area contributed by atoms with E-state index in [2.05, 4.69) is 18.7 Å². The molecule has 0 bridgehead atoms. The number of hydrogen-bond acceptors (Lipinski definition) is 5. The number of carbonyl (C=O) groups excluding carboxylic acids is 1. The van der Waals surface area contributed by atoms with E-state index in [4.69, 9.17) is 9.97 Å². The number of carbonyl (C=O) groups is 1. The van der Waals surface area contributed by atoms with Gasteiger partial charge in [-0.3, -0.25) is 4.79 Å². The van der Waals surface area contributed by atoms with Crippen LogP contribution in [0.4, 0.5) is 10.2 Å². The first-order valence-corrected chi connectivity index (χ1v) is 11.5. The van der Waals surface area contributed by atoms with Crippen molar-refractivity contribution in [3.63, 3.8) is 0 Å². The summed E-state index contributed by atoms with van der Waals surface area (Å²) in [6, 6.07) is 10.6. The number of hydrogen-bond donors (Lipinski definition) is 0. The molecular formula is C24H27FN4OS. The van der Waals surface area contributed by atoms with E-state index in [9.17, 15) is 9.18 Å². The molecule has 7 heteroatoms. The standard InChI is InChI=1S/C24H27FN4OS/c1-16(2)22-26-17(3)19(15-18-7-4-5-8-20(18)25)23(27-22)28-10-12-29(13-11-28)24(30)21-9-6-14-31-21/h4-9,14,16H,10-13,15H2,1-3H3. The van der Waals surface area contributed by atoms with E-state index >= 15 is 0 Å². The second kappa shape index (κ2) is 9.14. The highest BCUT2D eigenvalue weighted by Gasteiger charge is 2.26. The van der Waals surface area contributed by atoms with Crippen LogP contribution in [0.3, 0.4) is 0 Å². The highest BCUT2D eigenvalue weighted by Crippen LogP contribution is 2.28. The number of halogens is 1. The number of benzene rings is 1. The topological polar surface area (TPSA) is 49.3 Å². The Balaban J connectivity index is 1.60. The van der Waals surface area contributed by atoms with E-state index in [1.54, 1.807) is 6.07 Å². The van der Waals surface area contributed by atoms with Crippen LogP contribution in [0.5, 0.6) is 0 Å². The van der Waals surface area contributed by atoms with Crippen molar-refractivity contribution < 1.29 is 9.18 Å². The van der Waals surface area contributed by atoms with Crippen LogP contribution >= 0.6 is 11.3 Å². The fourth-order valence-corrected chi connectivity index (χ4v) is 4.53. The van der Waals surface area contributed by atoms with Gasteiger partial charge >= 0.3 is 0 Å². The zero-order chi connectivity index (χ0) is 22.0. The summed E-state index contributed by atoms with van der Waals surface area (Å²) in [5, 5.41) is 1.93. The van der Waals surface area contributed by atoms with E-state index in [0.29, 0.717) is 38.2 Å². The summed E-state index contributed by atoms with van der Waals surface area (Å²) in [4.78, 5) is 27.2. The van der Waals surface area contributed by atoms with Crippen molar-refractivity contribution in [2.75, 3.05) is 31.1 Å². The Bertz CT molecular complexity index is 1060. The lowest BCUT2D eigenvalue weighted by Gasteiger charge is -2.36. The van der Waals surface area contributed by atoms with Crippen molar-refractivity contribution in [3.05, 3.63) is 75.1 Å². The number of anilines is 1. The first-order chi connectivity index (χ1) is 14.9. The Morgan fingerprint density at radius 3 is 2.48 bits per heavy atom. The number of aryl methyl sites for hydroxylation is 1. The number of thiophene rings is 1. The van der Waals surface area contributed by atoms with Gasteiger partial charge in [0.25, 0.3) is 5.91 Å². The summed E-state index contributed by atoms with van der Waals surface area (Å²) in [5.74, 6) is 1.72. The third kappa shape index (κ3) is 4.61. The number of aromatic nitrogens is 2. The summed E-state index contributed by atoms with van der Waals surface area (Å²) >= 11 is 1.47. The predicted molar refractivity (Wildman–Crippen MR) is 122 cm³/mol. The molecular weight excluding hydrogens is 411 g/mol. The van der Waals surface area contributed by atoms with Crippen LogP contribution in [0.25, 0.3) is 0 Å². The minimum absolute atomic E-state index is 0.0861. The van der Waals surface area contributed by atoms with Gasteiger partial charge in [-0.1, -0.05) is 38.1 Å². The lowest BCUT2D eigenvalue weighted by Crippen LogP contribution is -2.49. The molecule has 0 spiro atoms. The summed E-state index contributed by atoms with van der Waals surface area (Å²) in [6.07, 6.45) is 0.445. The minimum Gasteiger partial charge on any atom is -0.353 e. The molecule has 3 heterocycles. The van der Waals surface area contributed by atoms with E-state index in [1.165, 1.54) is 17.4 Å². The van der Waals surface area contributed by atoms with Gasteiger partial charge < -0.3 is 9.80 Å². The Morgan fingerprint density at radius 1 is 1.10 bits per heavy atom. The Kier molecular flexibility index (Phi) is 6.32. The van der Waals surface area contributed by atoms with Gasteiger partial charge in [0.05, 0.1) is 4.88 Å². The predicted octanol–water partition coefficient (Wildman–Crippen LogP) is 4.66. The molecule has 1 aromatic carbocycles. The van der Waals surface area contributed by atoms with Gasteiger partial charge in [-0.25, -0.2) is 14.4 Å². The molecule has 4 rings (SSSR count). The minimum atomic E-state index is -0.216. The molecule has 0 radical (unpaired) electrons. The number of amides is 1. The van der Waals surface area contributed by atoms with Crippen LogP contribution in [0.1, 0.15) is 52.1 Å². The van der Waals surface area contributed by atoms with Crippen LogP contribution < -0.4 is 4.90 Å². The lowest BCUT2D eigenvalue weighted by atomic mass is 10.0. The molecule has 1 fully saturated rings. The zero-order valence-electron chi connectivity index (χ0n) is 18.1. The molecule has 5 nitrogen and oxygen atoms in total. The largest absolute Gasteiger partial charge is 0.353 e. The van der Waals surface area contributed by atoms with Gasteiger partial charge in [0, 0.05) is 49.8 Å². The summed E-state index contributed by atoms with van der Waals surface area (Å²) < 4.78 is 14.4. The van der Waals surface area contributed by atoms with Crippen LogP contribution in [0.2, 0.25) is 0 Å². The van der Waals surface area contributed by atoms with E-state index < -0.39 is 0 Å². The first-order valence-electron chi connectivity index (χ1n) is 10.6. The molecule has 0 atom stereocenters. The Labute approximate surface area is 186 Å². The zero-order valence-corrected chi connectivity index (χ0v) is 19.0. The molecule has 1 aliphatic rings. The summed E-state index contributed by atoms with van der Waals surface area (Å²) in [7, 11) is 0. The van der Waals surface area contributed by atoms with Gasteiger partial charge in [0.2, 0.25) is 0 Å². The van der Waals surface area contributed by atoms with Crippen LogP contribution in [0, 0.1) is 12.7 Å². The second-order valence-electron chi connectivity index (χ2n) is 8.15. The van der Waals surface area contributed by atoms with Crippen LogP contribution in [-0.2, 0) is 6.42 Å². The van der Waals surface area contributed by atoms with Crippen molar-refractivity contribution in [1.29, 1.82) is 0 Å². The molecule has 0 aliphatic carbocycles. The van der Waals surface area contributed by atoms with Crippen molar-refractivity contribution in [3.8, 4) is 0 Å². The van der Waals surface area contributed by atoms with E-state index in [-0.39, 0.29) is 17.6 Å². The van der Waals surface area contributed by atoms with Crippen LogP contribution in [-0.4, -0.2) is 47.0 Å². The fourth-order valence-electron chi connectivity index (χ4n) is 3.84. The third-order valence-corrected chi connectivity index (χ3v) is 6.51. The molecule has 162 valence electrons. The summed E-state index contributed by atoms with van der Waals surface area (Å²) in [5.41, 5.74) is 2.47. The monoisotopic (exact) mass is 438 g/mol. The highest BCUT2D eigenvalue weighted by molar-refractivity contribution is 7.12. The third-order valence-electron chi connectivity index (χ3n) is 5.65. The normalized spacial score (nSPS) is 14.4. The number of piperazine rings is 1. The SMILES string of the molecule is Cc1nc(C(C)C)nc(N2CCN(C(=O)c3cccs3)CC2)c1Cc1ccccc1F. The Hall–Kier alpha value is -2.80. The van der Waals surface area contributed by atoms with E-state index in [0.717, 1.165) is 27.8 Å². The highest BCUT2D eigenvalue weighted by atomic mass is 32.1. The molecule has 2 aromatic heterocycles. The maximum absolute atomic E-state index is 14.4. The van der Waals surface area contributed by atoms with Gasteiger partial charge in [0.15, 0.2) is 0 Å². The molecule has 31 heavy (non-hydrogen) atoms. The van der Waals surface area contributed by atoms with Gasteiger partial charge in [-0.15, -0.1) is 11.3 Å². The van der Waals surface area contributed by atoms with Crippen molar-refractivity contribution >= 4 is 23.1 Å². The maximum atomic E-state index is 14.4. The number of nitrogens with zero attached hydrogens (tertiary/aromatic N) is 4. The Morgan fingerprint density at radius 2 is 1.84 bits per heavy atom. The maximum Gasteiger partial charge on any atom is 0.264 e. The van der Waals surface area contributed by atoms with Crippen molar-refractivity contribution in [2.24, 2.45) is 0 Å². The molecule has 1 amide bonds.